The van der Waals surface area contributed by atoms with Gasteiger partial charge in [-0.25, -0.2) is 0 Å². The molecule has 0 spiro atoms. The van der Waals surface area contributed by atoms with E-state index in [2.05, 4.69) is 0 Å². The molecule has 0 bridgehead atoms. The maximum atomic E-state index is 13.4. The Morgan fingerprint density at radius 1 is 0.850 bits per heavy atom. The summed E-state index contributed by atoms with van der Waals surface area (Å²) in [5, 5.41) is 1.25. The molecule has 0 saturated carbocycles. The molecular formula is C15H17BF3N. The van der Waals surface area contributed by atoms with Crippen LogP contribution in [0.5, 0.6) is 0 Å². The van der Waals surface area contributed by atoms with Crippen LogP contribution >= 0.6 is 0 Å². The normalized spacial score (nSPS) is 15.1. The van der Waals surface area contributed by atoms with E-state index >= 15 is 0 Å². The molecular weight excluding hydrogens is 262 g/mol. The number of aryl methyl sites for hydroxylation is 2. The molecule has 5 heteroatoms. The van der Waals surface area contributed by atoms with Gasteiger partial charge < -0.3 is 12.9 Å². The van der Waals surface area contributed by atoms with E-state index in [0.29, 0.717) is 9.87 Å². The third-order valence-electron chi connectivity index (χ3n) is 4.08. The Kier molecular flexibility index (Phi) is 2.71. The summed E-state index contributed by atoms with van der Waals surface area (Å²) in [6, 6.07) is 6.78. The van der Waals surface area contributed by atoms with Gasteiger partial charge in [0.25, 0.3) is 0 Å². The second kappa shape index (κ2) is 4.01. The highest BCUT2D eigenvalue weighted by Crippen LogP contribution is 2.37. The fraction of sp³-hybridized carbons (Fsp3) is 0.333. The highest BCUT2D eigenvalue weighted by molar-refractivity contribution is 6.76. The average molecular weight is 279 g/mol. The molecule has 0 heterocycles. The van der Waals surface area contributed by atoms with Crippen molar-refractivity contribution >= 4 is 28.9 Å². The molecule has 0 fully saturated rings. The van der Waals surface area contributed by atoms with Crippen LogP contribution in [0.25, 0.3) is 10.8 Å². The fourth-order valence-electron chi connectivity index (χ4n) is 3.17. The zero-order valence-electron chi connectivity index (χ0n) is 11.9. The first-order valence-electron chi connectivity index (χ1n) is 6.79. The van der Waals surface area contributed by atoms with Crippen LogP contribution in [0, 0.1) is 0 Å². The summed E-state index contributed by atoms with van der Waals surface area (Å²) in [6.45, 7) is -5.00. The van der Waals surface area contributed by atoms with Crippen LogP contribution in [0.1, 0.15) is 11.1 Å². The Morgan fingerprint density at radius 3 is 1.90 bits per heavy atom. The summed E-state index contributed by atoms with van der Waals surface area (Å²) in [6.07, 6.45) is 1.69. The van der Waals surface area contributed by atoms with Crippen molar-refractivity contribution in [1.29, 1.82) is 0 Å². The fourth-order valence-corrected chi connectivity index (χ4v) is 3.17. The molecule has 0 saturated heterocycles. The maximum absolute atomic E-state index is 13.4. The van der Waals surface area contributed by atoms with E-state index < -0.39 is 12.4 Å². The summed E-state index contributed by atoms with van der Waals surface area (Å²) < 4.78 is 40.7. The molecule has 0 aliphatic heterocycles. The van der Waals surface area contributed by atoms with Gasteiger partial charge in [0.05, 0.1) is 21.1 Å². The summed E-state index contributed by atoms with van der Waals surface area (Å²) in [5.41, 5.74) is 2.39. The lowest BCUT2D eigenvalue weighted by Crippen LogP contribution is -2.39. The number of halogens is 3. The Morgan fingerprint density at radius 2 is 1.40 bits per heavy atom. The van der Waals surface area contributed by atoms with E-state index in [0.717, 1.165) is 35.0 Å². The van der Waals surface area contributed by atoms with Gasteiger partial charge in [-0.15, -0.1) is 0 Å². The predicted octanol–water partition coefficient (Wildman–Crippen LogP) is 3.19. The number of hydrogen-bond acceptors (Lipinski definition) is 0. The van der Waals surface area contributed by atoms with Gasteiger partial charge in [-0.3, -0.25) is 4.48 Å². The van der Waals surface area contributed by atoms with Gasteiger partial charge in [0.15, 0.2) is 0 Å². The van der Waals surface area contributed by atoms with Crippen molar-refractivity contribution in [3.8, 4) is 0 Å². The summed E-state index contributed by atoms with van der Waals surface area (Å²) in [4.78, 5) is 0. The van der Waals surface area contributed by atoms with E-state index in [1.54, 1.807) is 6.07 Å². The molecule has 1 aliphatic rings. The van der Waals surface area contributed by atoms with Crippen molar-refractivity contribution in [2.75, 3.05) is 21.1 Å². The molecule has 0 N–H and O–H groups in total. The molecule has 2 aromatic carbocycles. The standard InChI is InChI=1S/C15H17BF3N/c1-20(2,3)13-9-7-11-5-4-10-6-8-12(16(17,18)19)15(13)14(10)11/h6-9H,4-5H2,1-3H3. The Labute approximate surface area is 116 Å². The van der Waals surface area contributed by atoms with E-state index in [4.69, 9.17) is 0 Å². The first kappa shape index (κ1) is 13.5. The molecule has 0 aromatic heterocycles. The third-order valence-corrected chi connectivity index (χ3v) is 4.08. The molecule has 0 unspecified atom stereocenters. The van der Waals surface area contributed by atoms with E-state index in [9.17, 15) is 12.9 Å². The minimum Gasteiger partial charge on any atom is -0.445 e. The van der Waals surface area contributed by atoms with E-state index in [1.165, 1.54) is 6.07 Å². The Bertz CT molecular complexity index is 642. The number of nitrogens with zero attached hydrogens (tertiary/aromatic N) is 1. The number of benzene rings is 2. The van der Waals surface area contributed by atoms with Crippen molar-refractivity contribution in [2.24, 2.45) is 0 Å². The maximum Gasteiger partial charge on any atom is 0.510 e. The van der Waals surface area contributed by atoms with Crippen LogP contribution < -0.4 is 9.95 Å². The lowest BCUT2D eigenvalue weighted by Gasteiger charge is -2.28. The van der Waals surface area contributed by atoms with Gasteiger partial charge in [0.1, 0.15) is 5.69 Å². The molecule has 0 amide bonds. The summed E-state index contributed by atoms with van der Waals surface area (Å²) in [7, 11) is 5.73. The highest BCUT2D eigenvalue weighted by atomic mass is 19.4. The topological polar surface area (TPSA) is 0 Å². The van der Waals surface area contributed by atoms with E-state index in [-0.39, 0.29) is 0 Å². The molecule has 1 aliphatic carbocycles. The first-order valence-corrected chi connectivity index (χ1v) is 6.79. The number of rotatable bonds is 2. The van der Waals surface area contributed by atoms with Crippen LogP contribution in [0.3, 0.4) is 0 Å². The quantitative estimate of drug-likeness (QED) is 0.585. The van der Waals surface area contributed by atoms with E-state index in [1.807, 2.05) is 33.3 Å². The predicted molar refractivity (Wildman–Crippen MR) is 79.6 cm³/mol. The SMILES string of the molecule is C[N+](C)(C)c1ccc2c3c(ccc([B-](F)(F)F)c13)CC2. The Balaban J connectivity index is 2.49. The average Bonchev–Trinajstić information content (AvgIpc) is 2.72. The second-order valence-corrected chi connectivity index (χ2v) is 6.39. The highest BCUT2D eigenvalue weighted by Gasteiger charge is 2.33. The van der Waals surface area contributed by atoms with Crippen LogP contribution in [0.15, 0.2) is 24.3 Å². The zero-order valence-corrected chi connectivity index (χ0v) is 11.9. The lowest BCUT2D eigenvalue weighted by molar-refractivity contribution is 0.489. The van der Waals surface area contributed by atoms with Crippen molar-refractivity contribution in [2.45, 2.75) is 12.8 Å². The van der Waals surface area contributed by atoms with Gasteiger partial charge in [-0.2, -0.15) is 0 Å². The van der Waals surface area contributed by atoms with Crippen molar-refractivity contribution < 1.29 is 12.9 Å². The molecule has 20 heavy (non-hydrogen) atoms. The minimum absolute atomic E-state index is 0.388. The number of hydrogen-bond donors (Lipinski definition) is 0. The van der Waals surface area contributed by atoms with Gasteiger partial charge >= 0.3 is 6.98 Å². The van der Waals surface area contributed by atoms with Crippen LogP contribution in [-0.4, -0.2) is 28.1 Å². The molecule has 0 radical (unpaired) electrons. The molecule has 1 nitrogen and oxygen atoms in total. The van der Waals surface area contributed by atoms with Gasteiger partial charge in [-0.1, -0.05) is 23.7 Å². The monoisotopic (exact) mass is 279 g/mol. The summed E-state index contributed by atoms with van der Waals surface area (Å²) >= 11 is 0. The molecule has 106 valence electrons. The van der Waals surface area contributed by atoms with Crippen molar-refractivity contribution in [1.82, 2.24) is 4.48 Å². The number of quaternary nitrogens is 1. The van der Waals surface area contributed by atoms with Gasteiger partial charge in [0.2, 0.25) is 0 Å². The zero-order chi connectivity index (χ0) is 14.7. The lowest BCUT2D eigenvalue weighted by atomic mass is 9.75. The largest absolute Gasteiger partial charge is 0.510 e. The van der Waals surface area contributed by atoms with Crippen LogP contribution in [0.2, 0.25) is 0 Å². The second-order valence-electron chi connectivity index (χ2n) is 6.39. The third kappa shape index (κ3) is 1.92. The van der Waals surface area contributed by atoms with Crippen LogP contribution in [0.4, 0.5) is 18.6 Å². The van der Waals surface area contributed by atoms with Crippen molar-refractivity contribution in [3.05, 3.63) is 35.4 Å². The molecule has 3 rings (SSSR count). The first-order chi connectivity index (χ1) is 9.19. The van der Waals surface area contributed by atoms with Crippen molar-refractivity contribution in [3.63, 3.8) is 0 Å². The van der Waals surface area contributed by atoms with Crippen LogP contribution in [-0.2, 0) is 12.8 Å². The summed E-state index contributed by atoms with van der Waals surface area (Å²) in [5.74, 6) is 0. The molecule has 0 atom stereocenters. The molecule has 2 aromatic rings. The smallest absolute Gasteiger partial charge is 0.445 e. The van der Waals surface area contributed by atoms with Gasteiger partial charge in [0, 0.05) is 5.39 Å². The Hall–Kier alpha value is -1.49. The van der Waals surface area contributed by atoms with Gasteiger partial charge in [-0.05, 0) is 35.4 Å². The minimum atomic E-state index is -5.00.